The molecule has 2 aromatic carbocycles. The summed E-state index contributed by atoms with van der Waals surface area (Å²) in [5, 5.41) is 18.8. The first kappa shape index (κ1) is 10.6. The highest BCUT2D eigenvalue weighted by molar-refractivity contribution is 5.66. The van der Waals surface area contributed by atoms with Crippen LogP contribution < -0.4 is 0 Å². The molecule has 16 heavy (non-hydrogen) atoms. The predicted molar refractivity (Wildman–Crippen MR) is 64.6 cm³/mol. The Morgan fingerprint density at radius 2 is 1.50 bits per heavy atom. The van der Waals surface area contributed by atoms with E-state index in [9.17, 15) is 10.2 Å². The summed E-state index contributed by atoms with van der Waals surface area (Å²) in [5.74, 6) is 0.600. The van der Waals surface area contributed by atoms with Crippen molar-refractivity contribution in [2.24, 2.45) is 0 Å². The highest BCUT2D eigenvalue weighted by Gasteiger charge is 2.02. The van der Waals surface area contributed by atoms with Crippen LogP contribution in [-0.4, -0.2) is 10.2 Å². The number of hydrogen-bond acceptors (Lipinski definition) is 2. The SMILES string of the molecule is CCc1cc(-c2ccc(O)cc2)ccc1O. The van der Waals surface area contributed by atoms with Crippen LogP contribution in [-0.2, 0) is 6.42 Å². The molecular formula is C14H14O2. The zero-order valence-electron chi connectivity index (χ0n) is 9.14. The second-order valence-corrected chi connectivity index (χ2v) is 3.74. The molecule has 0 spiro atoms. The third-order valence-corrected chi connectivity index (χ3v) is 2.66. The summed E-state index contributed by atoms with van der Waals surface area (Å²) >= 11 is 0. The van der Waals surface area contributed by atoms with Crippen molar-refractivity contribution in [1.29, 1.82) is 0 Å². The van der Waals surface area contributed by atoms with E-state index >= 15 is 0 Å². The van der Waals surface area contributed by atoms with Gasteiger partial charge in [0, 0.05) is 0 Å². The van der Waals surface area contributed by atoms with Crippen LogP contribution in [0.25, 0.3) is 11.1 Å². The number of aryl methyl sites for hydroxylation is 1. The van der Waals surface area contributed by atoms with E-state index in [2.05, 4.69) is 0 Å². The van der Waals surface area contributed by atoms with Crippen LogP contribution in [0.3, 0.4) is 0 Å². The van der Waals surface area contributed by atoms with E-state index in [1.165, 1.54) is 0 Å². The maximum Gasteiger partial charge on any atom is 0.118 e. The summed E-state index contributed by atoms with van der Waals surface area (Å²) in [6.45, 7) is 2.01. The average molecular weight is 214 g/mol. The third kappa shape index (κ3) is 2.01. The summed E-state index contributed by atoms with van der Waals surface area (Å²) in [6.07, 6.45) is 0.803. The lowest BCUT2D eigenvalue weighted by Gasteiger charge is -2.06. The van der Waals surface area contributed by atoms with Gasteiger partial charge in [0.05, 0.1) is 0 Å². The van der Waals surface area contributed by atoms with Crippen molar-refractivity contribution >= 4 is 0 Å². The van der Waals surface area contributed by atoms with Gasteiger partial charge in [-0.05, 0) is 47.4 Å². The van der Waals surface area contributed by atoms with Crippen LogP contribution >= 0.6 is 0 Å². The normalized spacial score (nSPS) is 10.3. The number of hydrogen-bond donors (Lipinski definition) is 2. The first-order valence-corrected chi connectivity index (χ1v) is 5.32. The minimum atomic E-state index is 0.262. The van der Waals surface area contributed by atoms with E-state index in [4.69, 9.17) is 0 Å². The molecule has 2 rings (SSSR count). The van der Waals surface area contributed by atoms with Gasteiger partial charge in [-0.3, -0.25) is 0 Å². The quantitative estimate of drug-likeness (QED) is 0.805. The van der Waals surface area contributed by atoms with Crippen molar-refractivity contribution in [3.8, 4) is 22.6 Å². The zero-order chi connectivity index (χ0) is 11.5. The van der Waals surface area contributed by atoms with E-state index in [1.807, 2.05) is 31.2 Å². The van der Waals surface area contributed by atoms with Gasteiger partial charge in [-0.2, -0.15) is 0 Å². The molecule has 0 bridgehead atoms. The van der Waals surface area contributed by atoms with Crippen molar-refractivity contribution in [3.05, 3.63) is 48.0 Å². The number of rotatable bonds is 2. The van der Waals surface area contributed by atoms with E-state index in [-0.39, 0.29) is 5.75 Å². The third-order valence-electron chi connectivity index (χ3n) is 2.66. The van der Waals surface area contributed by atoms with Crippen LogP contribution in [0.15, 0.2) is 42.5 Å². The molecule has 0 aliphatic heterocycles. The Hall–Kier alpha value is -1.96. The monoisotopic (exact) mass is 214 g/mol. The van der Waals surface area contributed by atoms with Gasteiger partial charge in [-0.15, -0.1) is 0 Å². The molecule has 0 unspecified atom stereocenters. The molecule has 0 aromatic heterocycles. The van der Waals surface area contributed by atoms with Gasteiger partial charge < -0.3 is 10.2 Å². The van der Waals surface area contributed by atoms with E-state index in [0.29, 0.717) is 5.75 Å². The van der Waals surface area contributed by atoms with Gasteiger partial charge in [0.15, 0.2) is 0 Å². The predicted octanol–water partition coefficient (Wildman–Crippen LogP) is 3.33. The molecule has 0 radical (unpaired) electrons. The van der Waals surface area contributed by atoms with Crippen molar-refractivity contribution in [1.82, 2.24) is 0 Å². The molecule has 82 valence electrons. The van der Waals surface area contributed by atoms with Gasteiger partial charge in [0.25, 0.3) is 0 Å². The van der Waals surface area contributed by atoms with Crippen molar-refractivity contribution in [2.75, 3.05) is 0 Å². The molecule has 2 nitrogen and oxygen atoms in total. The smallest absolute Gasteiger partial charge is 0.118 e. The second-order valence-electron chi connectivity index (χ2n) is 3.74. The standard InChI is InChI=1S/C14H14O2/c1-2-10-9-12(5-8-14(10)16)11-3-6-13(15)7-4-11/h3-9,15-16H,2H2,1H3. The fourth-order valence-corrected chi connectivity index (χ4v) is 1.70. The Morgan fingerprint density at radius 1 is 0.875 bits per heavy atom. The van der Waals surface area contributed by atoms with E-state index < -0.39 is 0 Å². The molecule has 0 amide bonds. The Balaban J connectivity index is 2.44. The molecule has 2 heteroatoms. The van der Waals surface area contributed by atoms with Gasteiger partial charge in [-0.25, -0.2) is 0 Å². The summed E-state index contributed by atoms with van der Waals surface area (Å²) in [5.41, 5.74) is 3.02. The minimum absolute atomic E-state index is 0.262. The van der Waals surface area contributed by atoms with Gasteiger partial charge in [0.1, 0.15) is 11.5 Å². The lowest BCUT2D eigenvalue weighted by atomic mass is 10.0. The maximum atomic E-state index is 9.59. The molecule has 0 fully saturated rings. The number of phenolic OH excluding ortho intramolecular Hbond substituents is 2. The molecule has 0 saturated heterocycles. The van der Waals surface area contributed by atoms with Crippen molar-refractivity contribution < 1.29 is 10.2 Å². The largest absolute Gasteiger partial charge is 0.508 e. The molecule has 0 aliphatic carbocycles. The highest BCUT2D eigenvalue weighted by Crippen LogP contribution is 2.27. The van der Waals surface area contributed by atoms with Gasteiger partial charge in [0.2, 0.25) is 0 Å². The zero-order valence-corrected chi connectivity index (χ0v) is 9.14. The van der Waals surface area contributed by atoms with Crippen molar-refractivity contribution in [3.63, 3.8) is 0 Å². The topological polar surface area (TPSA) is 40.5 Å². The lowest BCUT2D eigenvalue weighted by molar-refractivity contribution is 0.469. The Bertz CT molecular complexity index is 487. The molecule has 0 atom stereocenters. The number of phenols is 2. The van der Waals surface area contributed by atoms with Crippen LogP contribution in [0.4, 0.5) is 0 Å². The van der Waals surface area contributed by atoms with Gasteiger partial charge >= 0.3 is 0 Å². The summed E-state index contributed by atoms with van der Waals surface area (Å²) in [7, 11) is 0. The van der Waals surface area contributed by atoms with E-state index in [0.717, 1.165) is 23.1 Å². The molecule has 0 aliphatic rings. The molecule has 0 heterocycles. The van der Waals surface area contributed by atoms with E-state index in [1.54, 1.807) is 18.2 Å². The summed E-state index contributed by atoms with van der Waals surface area (Å²) in [4.78, 5) is 0. The first-order valence-electron chi connectivity index (χ1n) is 5.32. The minimum Gasteiger partial charge on any atom is -0.508 e. The van der Waals surface area contributed by atoms with Crippen LogP contribution in [0.2, 0.25) is 0 Å². The molecule has 0 saturated carbocycles. The molecular weight excluding hydrogens is 200 g/mol. The van der Waals surface area contributed by atoms with Crippen LogP contribution in [0.1, 0.15) is 12.5 Å². The van der Waals surface area contributed by atoms with Crippen LogP contribution in [0.5, 0.6) is 11.5 Å². The van der Waals surface area contributed by atoms with Gasteiger partial charge in [-0.1, -0.05) is 25.1 Å². The maximum absolute atomic E-state index is 9.59. The Labute approximate surface area is 94.8 Å². The number of benzene rings is 2. The lowest BCUT2D eigenvalue weighted by Crippen LogP contribution is -1.84. The molecule has 2 N–H and O–H groups in total. The second kappa shape index (κ2) is 4.27. The first-order chi connectivity index (χ1) is 7.70. The van der Waals surface area contributed by atoms with Crippen LogP contribution in [0, 0.1) is 0 Å². The Morgan fingerprint density at radius 3 is 2.12 bits per heavy atom. The number of aromatic hydroxyl groups is 2. The Kier molecular flexibility index (Phi) is 2.82. The molecule has 2 aromatic rings. The fraction of sp³-hybridized carbons (Fsp3) is 0.143. The summed E-state index contributed by atoms with van der Waals surface area (Å²) < 4.78 is 0. The fourth-order valence-electron chi connectivity index (χ4n) is 1.70. The summed E-state index contributed by atoms with van der Waals surface area (Å²) in [6, 6.07) is 12.6. The highest BCUT2D eigenvalue weighted by atomic mass is 16.3. The van der Waals surface area contributed by atoms with Crippen molar-refractivity contribution in [2.45, 2.75) is 13.3 Å². The average Bonchev–Trinajstić information content (AvgIpc) is 2.31.